The van der Waals surface area contributed by atoms with Crippen molar-refractivity contribution in [2.24, 2.45) is 0 Å². The summed E-state index contributed by atoms with van der Waals surface area (Å²) in [4.78, 5) is 16.0. The maximum Gasteiger partial charge on any atom is 0.252 e. The first kappa shape index (κ1) is 15.0. The Morgan fingerprint density at radius 2 is 2.05 bits per heavy atom. The molecule has 0 aliphatic heterocycles. The lowest BCUT2D eigenvalue weighted by molar-refractivity contribution is 0.0954. The molecule has 0 radical (unpaired) electrons. The normalized spacial score (nSPS) is 9.71. The third-order valence-electron chi connectivity index (χ3n) is 2.73. The van der Waals surface area contributed by atoms with Gasteiger partial charge in [-0.15, -0.1) is 0 Å². The van der Waals surface area contributed by atoms with Crippen molar-refractivity contribution in [2.45, 2.75) is 0 Å². The number of nitrogens with zero attached hydrogens (tertiary/aromatic N) is 2. The second-order valence-electron chi connectivity index (χ2n) is 4.21. The Balaban J connectivity index is 1.78. The fraction of sp³-hybridized carbons (Fsp3) is 0.133. The average Bonchev–Trinajstić information content (AvgIpc) is 2.52. The van der Waals surface area contributed by atoms with E-state index in [-0.39, 0.29) is 5.91 Å². The average molecular weight is 345 g/mol. The summed E-state index contributed by atoms with van der Waals surface area (Å²) in [6, 6.07) is 12.7. The van der Waals surface area contributed by atoms with Gasteiger partial charge in [-0.25, -0.2) is 4.98 Å². The molecule has 0 saturated heterocycles. The van der Waals surface area contributed by atoms with Crippen molar-refractivity contribution in [3.8, 4) is 6.07 Å². The number of nitriles is 1. The highest BCUT2D eigenvalue weighted by Crippen LogP contribution is 2.15. The largest absolute Gasteiger partial charge is 0.368 e. The number of carbonyl (C=O) groups excluding carboxylic acids is 1. The summed E-state index contributed by atoms with van der Waals surface area (Å²) in [7, 11) is 0. The lowest BCUT2D eigenvalue weighted by Crippen LogP contribution is -2.29. The third-order valence-corrected chi connectivity index (χ3v) is 3.42. The molecular weight excluding hydrogens is 332 g/mol. The minimum absolute atomic E-state index is 0.128. The predicted molar refractivity (Wildman–Crippen MR) is 83.9 cm³/mol. The molecule has 0 aliphatic rings. The van der Waals surface area contributed by atoms with Crippen molar-refractivity contribution >= 4 is 27.7 Å². The van der Waals surface area contributed by atoms with Gasteiger partial charge in [0.15, 0.2) is 0 Å². The molecule has 5 nitrogen and oxygen atoms in total. The van der Waals surface area contributed by atoms with Crippen molar-refractivity contribution in [3.05, 3.63) is 58.2 Å². The van der Waals surface area contributed by atoms with E-state index in [9.17, 15) is 4.79 Å². The van der Waals surface area contributed by atoms with E-state index in [1.807, 2.05) is 24.3 Å². The Morgan fingerprint density at radius 1 is 1.24 bits per heavy atom. The van der Waals surface area contributed by atoms with E-state index in [0.717, 1.165) is 4.47 Å². The summed E-state index contributed by atoms with van der Waals surface area (Å²) in [5, 5.41) is 14.6. The molecule has 2 aromatic rings. The third kappa shape index (κ3) is 4.29. The Bertz CT molecular complexity index is 664. The molecule has 0 saturated carbocycles. The number of benzene rings is 1. The number of halogens is 1. The molecule has 106 valence electrons. The van der Waals surface area contributed by atoms with Crippen LogP contribution >= 0.6 is 15.9 Å². The molecule has 21 heavy (non-hydrogen) atoms. The molecule has 0 atom stereocenters. The molecule has 0 fully saturated rings. The zero-order chi connectivity index (χ0) is 15.1. The molecule has 6 heteroatoms. The van der Waals surface area contributed by atoms with Crippen molar-refractivity contribution in [2.75, 3.05) is 18.4 Å². The Kier molecular flexibility index (Phi) is 5.29. The van der Waals surface area contributed by atoms with E-state index in [0.29, 0.717) is 30.0 Å². The summed E-state index contributed by atoms with van der Waals surface area (Å²) >= 11 is 3.34. The second kappa shape index (κ2) is 7.41. The molecular formula is C15H13BrN4O. The van der Waals surface area contributed by atoms with Gasteiger partial charge in [-0.1, -0.05) is 12.1 Å². The fourth-order valence-corrected chi connectivity index (χ4v) is 2.14. The first-order valence-electron chi connectivity index (χ1n) is 6.33. The van der Waals surface area contributed by atoms with Gasteiger partial charge in [-0.3, -0.25) is 4.79 Å². The van der Waals surface area contributed by atoms with Crippen molar-refractivity contribution in [1.82, 2.24) is 10.3 Å². The van der Waals surface area contributed by atoms with Gasteiger partial charge in [0.25, 0.3) is 5.91 Å². The standard InChI is InChI=1S/C15H13BrN4O/c16-13-4-2-1-3-12(13)15(21)19-8-7-18-14-6-5-11(9-17)10-20-14/h1-6,10H,7-8H2,(H,18,20)(H,19,21). The number of amides is 1. The maximum absolute atomic E-state index is 11.9. The number of anilines is 1. The maximum atomic E-state index is 11.9. The van der Waals surface area contributed by atoms with Gasteiger partial charge in [0, 0.05) is 23.8 Å². The molecule has 1 amide bonds. The fourth-order valence-electron chi connectivity index (χ4n) is 1.67. The van der Waals surface area contributed by atoms with Crippen LogP contribution in [0.3, 0.4) is 0 Å². The van der Waals surface area contributed by atoms with Crippen LogP contribution in [0, 0.1) is 11.3 Å². The highest BCUT2D eigenvalue weighted by molar-refractivity contribution is 9.10. The van der Waals surface area contributed by atoms with Crippen LogP contribution < -0.4 is 10.6 Å². The predicted octanol–water partition coefficient (Wildman–Crippen LogP) is 2.56. The summed E-state index contributed by atoms with van der Waals surface area (Å²) in [6.45, 7) is 1.02. The molecule has 0 unspecified atom stereocenters. The van der Waals surface area contributed by atoms with Gasteiger partial charge in [-0.2, -0.15) is 5.26 Å². The number of hydrogen-bond donors (Lipinski definition) is 2. The number of pyridine rings is 1. The summed E-state index contributed by atoms with van der Waals surface area (Å²) in [6.07, 6.45) is 1.50. The van der Waals surface area contributed by atoms with E-state index >= 15 is 0 Å². The van der Waals surface area contributed by atoms with E-state index in [1.54, 1.807) is 18.2 Å². The highest BCUT2D eigenvalue weighted by Gasteiger charge is 2.07. The first-order chi connectivity index (χ1) is 10.2. The van der Waals surface area contributed by atoms with Gasteiger partial charge in [0.2, 0.25) is 0 Å². The molecule has 2 rings (SSSR count). The van der Waals surface area contributed by atoms with Gasteiger partial charge in [-0.05, 0) is 40.2 Å². The van der Waals surface area contributed by atoms with Gasteiger partial charge >= 0.3 is 0 Å². The zero-order valence-electron chi connectivity index (χ0n) is 11.1. The molecule has 1 aromatic heterocycles. The van der Waals surface area contributed by atoms with Crippen LogP contribution in [-0.2, 0) is 0 Å². The Morgan fingerprint density at radius 3 is 2.71 bits per heavy atom. The van der Waals surface area contributed by atoms with Gasteiger partial charge in [0.1, 0.15) is 11.9 Å². The van der Waals surface area contributed by atoms with Crippen LogP contribution in [0.25, 0.3) is 0 Å². The molecule has 0 spiro atoms. The van der Waals surface area contributed by atoms with E-state index in [2.05, 4.69) is 31.5 Å². The Hall–Kier alpha value is -2.39. The monoisotopic (exact) mass is 344 g/mol. The van der Waals surface area contributed by atoms with E-state index < -0.39 is 0 Å². The molecule has 2 N–H and O–H groups in total. The van der Waals surface area contributed by atoms with Crippen molar-refractivity contribution in [1.29, 1.82) is 5.26 Å². The van der Waals surface area contributed by atoms with Gasteiger partial charge in [0.05, 0.1) is 11.1 Å². The van der Waals surface area contributed by atoms with E-state index in [4.69, 9.17) is 5.26 Å². The van der Waals surface area contributed by atoms with Crippen LogP contribution in [0.15, 0.2) is 47.1 Å². The molecule has 1 heterocycles. The number of nitrogens with one attached hydrogen (secondary N) is 2. The quantitative estimate of drug-likeness (QED) is 0.817. The molecule has 0 bridgehead atoms. The SMILES string of the molecule is N#Cc1ccc(NCCNC(=O)c2ccccc2Br)nc1. The Labute approximate surface area is 131 Å². The lowest BCUT2D eigenvalue weighted by atomic mass is 10.2. The number of carbonyl (C=O) groups is 1. The summed E-state index contributed by atoms with van der Waals surface area (Å²) < 4.78 is 0.768. The molecule has 1 aromatic carbocycles. The van der Waals surface area contributed by atoms with Crippen molar-refractivity contribution in [3.63, 3.8) is 0 Å². The second-order valence-corrected chi connectivity index (χ2v) is 5.06. The van der Waals surface area contributed by atoms with Crippen molar-refractivity contribution < 1.29 is 4.79 Å². The van der Waals surface area contributed by atoms with Crippen LogP contribution in [-0.4, -0.2) is 24.0 Å². The number of rotatable bonds is 5. The number of hydrogen-bond acceptors (Lipinski definition) is 4. The topological polar surface area (TPSA) is 77.8 Å². The zero-order valence-corrected chi connectivity index (χ0v) is 12.7. The van der Waals surface area contributed by atoms with Crippen LogP contribution in [0.1, 0.15) is 15.9 Å². The minimum Gasteiger partial charge on any atom is -0.368 e. The minimum atomic E-state index is -0.128. The summed E-state index contributed by atoms with van der Waals surface area (Å²) in [5.74, 6) is 0.543. The first-order valence-corrected chi connectivity index (χ1v) is 7.13. The van der Waals surface area contributed by atoms with E-state index in [1.165, 1.54) is 6.20 Å². The van der Waals surface area contributed by atoms with Crippen LogP contribution in [0.5, 0.6) is 0 Å². The number of aromatic nitrogens is 1. The highest BCUT2D eigenvalue weighted by atomic mass is 79.9. The smallest absolute Gasteiger partial charge is 0.252 e. The van der Waals surface area contributed by atoms with Gasteiger partial charge < -0.3 is 10.6 Å². The summed E-state index contributed by atoms with van der Waals surface area (Å²) in [5.41, 5.74) is 1.12. The lowest BCUT2D eigenvalue weighted by Gasteiger charge is -2.08. The molecule has 0 aliphatic carbocycles. The van der Waals surface area contributed by atoms with Crippen LogP contribution in [0.2, 0.25) is 0 Å². The van der Waals surface area contributed by atoms with Crippen LogP contribution in [0.4, 0.5) is 5.82 Å².